The number of likely N-dealkylation sites (N-methyl/N-ethyl adjacent to an activating group) is 1. The van der Waals surface area contributed by atoms with Crippen molar-refractivity contribution in [2.24, 2.45) is 5.41 Å². The highest BCUT2D eigenvalue weighted by atomic mass is 16.2. The van der Waals surface area contributed by atoms with E-state index in [1.54, 1.807) is 0 Å². The van der Waals surface area contributed by atoms with Crippen LogP contribution in [0.25, 0.3) is 0 Å². The molecule has 0 unspecified atom stereocenters. The quantitative estimate of drug-likeness (QED) is 0.834. The molecule has 1 aliphatic carbocycles. The smallest absolute Gasteiger partial charge is 0.234 e. The lowest BCUT2D eigenvalue weighted by Gasteiger charge is -2.37. The minimum atomic E-state index is -0.0420. The Balaban J connectivity index is 1.81. The van der Waals surface area contributed by atoms with E-state index >= 15 is 0 Å². The third-order valence-corrected chi connectivity index (χ3v) is 5.06. The Labute approximate surface area is 168 Å². The first-order chi connectivity index (χ1) is 13.2. The maximum absolute atomic E-state index is 12.3. The minimum absolute atomic E-state index is 0.0314. The normalized spacial score (nSPS) is 17.9. The van der Waals surface area contributed by atoms with Crippen LogP contribution < -0.4 is 10.2 Å². The number of anilines is 1. The number of aromatic nitrogens is 2. The maximum atomic E-state index is 12.3. The molecule has 1 aliphatic rings. The van der Waals surface area contributed by atoms with E-state index < -0.39 is 0 Å². The van der Waals surface area contributed by atoms with E-state index in [0.717, 1.165) is 36.6 Å². The first-order valence-corrected chi connectivity index (χ1v) is 9.78. The molecule has 6 nitrogen and oxygen atoms in total. The Morgan fingerprint density at radius 1 is 1.21 bits per heavy atom. The van der Waals surface area contributed by atoms with Gasteiger partial charge in [0.1, 0.15) is 0 Å². The number of nitrogens with zero attached hydrogens (tertiary/aromatic N) is 4. The molecule has 0 radical (unpaired) electrons. The second-order valence-electron chi connectivity index (χ2n) is 8.82. The number of carbonyl (C=O) groups excluding carboxylic acids is 1. The van der Waals surface area contributed by atoms with E-state index in [0.29, 0.717) is 6.54 Å². The number of nitrogens with one attached hydrogen (secondary N) is 1. The molecule has 1 N–H and O–H groups in total. The summed E-state index contributed by atoms with van der Waals surface area (Å²) in [5.41, 5.74) is 3.38. The molecule has 0 spiro atoms. The van der Waals surface area contributed by atoms with Crippen LogP contribution in [0.1, 0.15) is 43.1 Å². The van der Waals surface area contributed by atoms with Crippen molar-refractivity contribution in [2.45, 2.75) is 39.3 Å². The van der Waals surface area contributed by atoms with Gasteiger partial charge >= 0.3 is 0 Å². The summed E-state index contributed by atoms with van der Waals surface area (Å²) >= 11 is 0. The van der Waals surface area contributed by atoms with Crippen LogP contribution in [0, 0.1) is 5.41 Å². The van der Waals surface area contributed by atoms with Gasteiger partial charge in [-0.15, -0.1) is 0 Å². The van der Waals surface area contributed by atoms with Crippen molar-refractivity contribution in [3.63, 3.8) is 0 Å². The zero-order valence-electron chi connectivity index (χ0n) is 17.6. The van der Waals surface area contributed by atoms with Crippen molar-refractivity contribution in [1.29, 1.82) is 0 Å². The summed E-state index contributed by atoms with van der Waals surface area (Å²) in [5, 5.41) is 3.18. The topological polar surface area (TPSA) is 61.4 Å². The number of carbonyl (C=O) groups is 1. The third-order valence-electron chi connectivity index (χ3n) is 5.06. The monoisotopic (exact) mass is 381 g/mol. The fourth-order valence-electron chi connectivity index (χ4n) is 3.80. The first kappa shape index (κ1) is 20.3. The van der Waals surface area contributed by atoms with E-state index in [1.807, 2.05) is 50.4 Å². The van der Waals surface area contributed by atoms with Gasteiger partial charge in [-0.05, 0) is 37.9 Å². The largest absolute Gasteiger partial charge is 0.348 e. The summed E-state index contributed by atoms with van der Waals surface area (Å²) < 4.78 is 0. The molecule has 2 aromatic rings. The number of hydrogen-bond acceptors (Lipinski definition) is 5. The molecule has 0 aliphatic heterocycles. The highest BCUT2D eigenvalue weighted by molar-refractivity contribution is 5.78. The number of hydrogen-bond donors (Lipinski definition) is 1. The summed E-state index contributed by atoms with van der Waals surface area (Å²) in [4.78, 5) is 25.7. The Morgan fingerprint density at radius 3 is 2.61 bits per heavy atom. The average Bonchev–Trinajstić information content (AvgIpc) is 2.60. The molecule has 0 saturated heterocycles. The fourth-order valence-corrected chi connectivity index (χ4v) is 3.80. The second kappa shape index (κ2) is 8.27. The van der Waals surface area contributed by atoms with Gasteiger partial charge in [-0.2, -0.15) is 0 Å². The standard InChI is InChI=1S/C22H31N5O/c1-22(2)11-18(24-20(28)15-26(3)4)17-13-23-21(25-19(17)12-22)27(5)14-16-9-7-6-8-10-16/h6-10,13,18H,11-12,14-15H2,1-5H3,(H,24,28)/t18-/m0/s1. The summed E-state index contributed by atoms with van der Waals surface area (Å²) in [6.45, 7) is 5.60. The van der Waals surface area contributed by atoms with Crippen LogP contribution in [0.3, 0.4) is 0 Å². The van der Waals surface area contributed by atoms with Gasteiger partial charge in [0.05, 0.1) is 18.3 Å². The van der Waals surface area contributed by atoms with Gasteiger partial charge in [-0.25, -0.2) is 9.97 Å². The Kier molecular flexibility index (Phi) is 5.98. The van der Waals surface area contributed by atoms with Gasteiger partial charge < -0.3 is 15.1 Å². The van der Waals surface area contributed by atoms with Crippen molar-refractivity contribution in [2.75, 3.05) is 32.6 Å². The van der Waals surface area contributed by atoms with E-state index in [4.69, 9.17) is 4.98 Å². The number of benzene rings is 1. The van der Waals surface area contributed by atoms with E-state index in [-0.39, 0.29) is 17.4 Å². The van der Waals surface area contributed by atoms with Gasteiger partial charge in [-0.3, -0.25) is 4.79 Å². The number of amides is 1. The summed E-state index contributed by atoms with van der Waals surface area (Å²) in [6, 6.07) is 10.3. The van der Waals surface area contributed by atoms with Crippen molar-refractivity contribution < 1.29 is 4.79 Å². The van der Waals surface area contributed by atoms with Gasteiger partial charge in [0.25, 0.3) is 0 Å². The molecule has 3 rings (SSSR count). The summed E-state index contributed by atoms with van der Waals surface area (Å²) in [6.07, 6.45) is 3.67. The molecule has 1 aromatic heterocycles. The third kappa shape index (κ3) is 5.07. The van der Waals surface area contributed by atoms with E-state index in [9.17, 15) is 4.79 Å². The molecular weight excluding hydrogens is 350 g/mol. The predicted octanol–water partition coefficient (Wildman–Crippen LogP) is 2.80. The van der Waals surface area contributed by atoms with E-state index in [2.05, 4.69) is 41.2 Å². The van der Waals surface area contributed by atoms with Crippen molar-refractivity contribution in [3.8, 4) is 0 Å². The molecule has 0 bridgehead atoms. The fraction of sp³-hybridized carbons (Fsp3) is 0.500. The van der Waals surface area contributed by atoms with Crippen molar-refractivity contribution in [3.05, 3.63) is 53.3 Å². The molecule has 0 saturated carbocycles. The number of rotatable bonds is 6. The zero-order valence-corrected chi connectivity index (χ0v) is 17.6. The van der Waals surface area contributed by atoms with Gasteiger partial charge in [0.2, 0.25) is 11.9 Å². The summed E-state index contributed by atoms with van der Waals surface area (Å²) in [7, 11) is 5.81. The van der Waals surface area contributed by atoms with Crippen LogP contribution in [-0.2, 0) is 17.8 Å². The minimum Gasteiger partial charge on any atom is -0.348 e. The highest BCUT2D eigenvalue weighted by Gasteiger charge is 2.34. The van der Waals surface area contributed by atoms with Crippen LogP contribution >= 0.6 is 0 Å². The van der Waals surface area contributed by atoms with Crippen LogP contribution in [0.15, 0.2) is 36.5 Å². The van der Waals surface area contributed by atoms with E-state index in [1.165, 1.54) is 5.56 Å². The second-order valence-corrected chi connectivity index (χ2v) is 8.82. The lowest BCUT2D eigenvalue weighted by atomic mass is 9.74. The Morgan fingerprint density at radius 2 is 1.93 bits per heavy atom. The lowest BCUT2D eigenvalue weighted by molar-refractivity contribution is -0.122. The van der Waals surface area contributed by atoms with Crippen LogP contribution in [0.4, 0.5) is 5.95 Å². The Bertz CT molecular complexity index is 819. The predicted molar refractivity (Wildman–Crippen MR) is 112 cm³/mol. The first-order valence-electron chi connectivity index (χ1n) is 9.78. The molecule has 1 amide bonds. The average molecular weight is 382 g/mol. The molecule has 1 heterocycles. The Hall–Kier alpha value is -2.47. The number of fused-ring (bicyclic) bond motifs is 1. The zero-order chi connectivity index (χ0) is 20.3. The van der Waals surface area contributed by atoms with Gasteiger partial charge in [-0.1, -0.05) is 44.2 Å². The summed E-state index contributed by atoms with van der Waals surface area (Å²) in [5.74, 6) is 0.752. The SMILES string of the molecule is CN(C)CC(=O)N[C@H]1CC(C)(C)Cc2nc(N(C)Cc3ccccc3)ncc21. The molecule has 150 valence electrons. The molecule has 1 atom stereocenters. The van der Waals surface area contributed by atoms with Crippen molar-refractivity contribution >= 4 is 11.9 Å². The highest BCUT2D eigenvalue weighted by Crippen LogP contribution is 2.40. The molecule has 0 fully saturated rings. The molecule has 1 aromatic carbocycles. The molecule has 28 heavy (non-hydrogen) atoms. The molecular formula is C22H31N5O. The van der Waals surface area contributed by atoms with Crippen LogP contribution in [0.5, 0.6) is 0 Å². The molecule has 6 heteroatoms. The van der Waals surface area contributed by atoms with Gasteiger partial charge in [0.15, 0.2) is 0 Å². The maximum Gasteiger partial charge on any atom is 0.234 e. The van der Waals surface area contributed by atoms with Crippen LogP contribution in [-0.4, -0.2) is 48.5 Å². The van der Waals surface area contributed by atoms with Gasteiger partial charge in [0, 0.05) is 25.4 Å². The lowest BCUT2D eigenvalue weighted by Crippen LogP contribution is -2.40. The van der Waals surface area contributed by atoms with Crippen molar-refractivity contribution in [1.82, 2.24) is 20.2 Å². The van der Waals surface area contributed by atoms with Crippen LogP contribution in [0.2, 0.25) is 0 Å².